The Morgan fingerprint density at radius 2 is 2.14 bits per heavy atom. The monoisotopic (exact) mass is 292 g/mol. The van der Waals surface area contributed by atoms with Gasteiger partial charge in [-0.1, -0.05) is 12.8 Å². The van der Waals surface area contributed by atoms with Gasteiger partial charge in [0.1, 0.15) is 0 Å². The lowest BCUT2D eigenvalue weighted by atomic mass is 9.83. The van der Waals surface area contributed by atoms with Crippen LogP contribution >= 0.6 is 0 Å². The Labute approximate surface area is 125 Å². The first-order valence-corrected chi connectivity index (χ1v) is 7.67. The van der Waals surface area contributed by atoms with Crippen LogP contribution in [0.3, 0.4) is 0 Å². The van der Waals surface area contributed by atoms with Crippen LogP contribution in [0.4, 0.5) is 11.5 Å². The number of pyridine rings is 1. The Balaban J connectivity index is 2.40. The third-order valence-electron chi connectivity index (χ3n) is 4.38. The number of rotatable bonds is 5. The van der Waals surface area contributed by atoms with Gasteiger partial charge in [-0.25, -0.2) is 4.98 Å². The molecule has 0 radical (unpaired) electrons. The highest BCUT2D eigenvalue weighted by Gasteiger charge is 2.32. The minimum absolute atomic E-state index is 0.0868. The molecule has 6 heteroatoms. The van der Waals surface area contributed by atoms with Crippen molar-refractivity contribution >= 4 is 11.5 Å². The summed E-state index contributed by atoms with van der Waals surface area (Å²) in [5.74, 6) is 0.883. The molecular formula is C15H24N4O2. The summed E-state index contributed by atoms with van der Waals surface area (Å²) >= 11 is 0. The smallest absolute Gasteiger partial charge is 0.311 e. The minimum atomic E-state index is -0.343. The molecule has 1 heterocycles. The number of nitrogens with zero attached hydrogens (tertiary/aromatic N) is 3. The molecule has 2 atom stereocenters. The van der Waals surface area contributed by atoms with Crippen LogP contribution in [0.5, 0.6) is 0 Å². The second kappa shape index (κ2) is 6.85. The van der Waals surface area contributed by atoms with Gasteiger partial charge in [-0.3, -0.25) is 10.1 Å². The highest BCUT2D eigenvalue weighted by Crippen LogP contribution is 2.34. The van der Waals surface area contributed by atoms with Crippen LogP contribution < -0.4 is 10.6 Å². The van der Waals surface area contributed by atoms with Gasteiger partial charge in [0.25, 0.3) is 0 Å². The van der Waals surface area contributed by atoms with E-state index in [1.807, 2.05) is 13.8 Å². The second-order valence-corrected chi connectivity index (χ2v) is 5.69. The summed E-state index contributed by atoms with van der Waals surface area (Å²) in [6.07, 6.45) is 4.47. The Morgan fingerprint density at radius 3 is 2.76 bits per heavy atom. The molecule has 0 bridgehead atoms. The van der Waals surface area contributed by atoms with Crippen molar-refractivity contribution in [1.29, 1.82) is 0 Å². The lowest BCUT2D eigenvalue weighted by Gasteiger charge is -2.39. The first-order chi connectivity index (χ1) is 10.1. The molecule has 1 aromatic rings. The molecule has 2 N–H and O–H groups in total. The number of nitrogens with two attached hydrogens (primary N) is 1. The molecule has 0 aromatic carbocycles. The number of hydrogen-bond acceptors (Lipinski definition) is 5. The Hall–Kier alpha value is -1.69. The molecule has 2 unspecified atom stereocenters. The molecule has 1 fully saturated rings. The highest BCUT2D eigenvalue weighted by molar-refractivity contribution is 5.59. The second-order valence-electron chi connectivity index (χ2n) is 5.69. The topological polar surface area (TPSA) is 85.3 Å². The summed E-state index contributed by atoms with van der Waals surface area (Å²) < 4.78 is 0. The number of aryl methyl sites for hydroxylation is 1. The molecule has 2 rings (SSSR count). The average Bonchev–Trinajstić information content (AvgIpc) is 2.48. The van der Waals surface area contributed by atoms with Crippen LogP contribution in [0.1, 0.15) is 38.3 Å². The number of anilines is 1. The summed E-state index contributed by atoms with van der Waals surface area (Å²) in [6, 6.07) is 3.50. The molecule has 1 aliphatic rings. The molecule has 116 valence electrons. The third-order valence-corrected chi connectivity index (χ3v) is 4.38. The molecule has 0 amide bonds. The van der Waals surface area contributed by atoms with Crippen LogP contribution in [0.25, 0.3) is 0 Å². The summed E-state index contributed by atoms with van der Waals surface area (Å²) in [4.78, 5) is 17.5. The van der Waals surface area contributed by atoms with Crippen molar-refractivity contribution in [2.45, 2.75) is 45.6 Å². The zero-order valence-electron chi connectivity index (χ0n) is 12.8. The van der Waals surface area contributed by atoms with Crippen molar-refractivity contribution in [3.05, 3.63) is 27.9 Å². The van der Waals surface area contributed by atoms with Crippen LogP contribution in [0.2, 0.25) is 0 Å². The fourth-order valence-corrected chi connectivity index (χ4v) is 3.30. The van der Waals surface area contributed by atoms with Gasteiger partial charge < -0.3 is 10.6 Å². The SMILES string of the molecule is CCN(c1nc(C)ccc1[N+](=O)[O-])C1CCCCC1CN. The normalized spacial score (nSPS) is 22.0. The van der Waals surface area contributed by atoms with E-state index in [2.05, 4.69) is 9.88 Å². The predicted molar refractivity (Wildman–Crippen MR) is 83.4 cm³/mol. The maximum Gasteiger partial charge on any atom is 0.311 e. The average molecular weight is 292 g/mol. The van der Waals surface area contributed by atoms with Gasteiger partial charge in [-0.05, 0) is 45.2 Å². The number of hydrogen-bond donors (Lipinski definition) is 1. The van der Waals surface area contributed by atoms with Crippen LogP contribution in [0.15, 0.2) is 12.1 Å². The first-order valence-electron chi connectivity index (χ1n) is 7.67. The highest BCUT2D eigenvalue weighted by atomic mass is 16.6. The van der Waals surface area contributed by atoms with Gasteiger partial charge >= 0.3 is 5.69 Å². The van der Waals surface area contributed by atoms with Crippen molar-refractivity contribution in [1.82, 2.24) is 4.98 Å². The zero-order chi connectivity index (χ0) is 15.4. The fourth-order valence-electron chi connectivity index (χ4n) is 3.30. The van der Waals surface area contributed by atoms with Crippen molar-refractivity contribution < 1.29 is 4.92 Å². The minimum Gasteiger partial charge on any atom is -0.348 e. The van der Waals surface area contributed by atoms with Crippen molar-refractivity contribution in [2.75, 3.05) is 18.0 Å². The van der Waals surface area contributed by atoms with Crippen LogP contribution in [-0.2, 0) is 0 Å². The van der Waals surface area contributed by atoms with Crippen molar-refractivity contribution in [3.63, 3.8) is 0 Å². The van der Waals surface area contributed by atoms with E-state index in [0.717, 1.165) is 25.0 Å². The Kier molecular flexibility index (Phi) is 5.12. The van der Waals surface area contributed by atoms with Gasteiger partial charge in [0.15, 0.2) is 0 Å². The molecule has 1 aliphatic carbocycles. The molecule has 1 saturated carbocycles. The quantitative estimate of drug-likeness (QED) is 0.666. The Bertz CT molecular complexity index is 506. The van der Waals surface area contributed by atoms with E-state index < -0.39 is 0 Å². The van der Waals surface area contributed by atoms with Gasteiger partial charge in [-0.2, -0.15) is 0 Å². The first kappa shape index (κ1) is 15.7. The van der Waals surface area contributed by atoms with E-state index in [9.17, 15) is 10.1 Å². The van der Waals surface area contributed by atoms with Crippen LogP contribution in [-0.4, -0.2) is 29.0 Å². The lowest BCUT2D eigenvalue weighted by Crippen LogP contribution is -2.45. The molecule has 1 aromatic heterocycles. The predicted octanol–water partition coefficient (Wildman–Crippen LogP) is 2.64. The van der Waals surface area contributed by atoms with Crippen LogP contribution in [0, 0.1) is 23.0 Å². The summed E-state index contributed by atoms with van der Waals surface area (Å²) in [7, 11) is 0. The van der Waals surface area contributed by atoms with Crippen molar-refractivity contribution in [2.24, 2.45) is 11.7 Å². The van der Waals surface area contributed by atoms with Gasteiger partial charge in [-0.15, -0.1) is 0 Å². The molecule has 0 aliphatic heterocycles. The summed E-state index contributed by atoms with van der Waals surface area (Å²) in [5, 5.41) is 11.3. The molecule has 0 saturated heterocycles. The maximum atomic E-state index is 11.3. The maximum absolute atomic E-state index is 11.3. The van der Waals surface area contributed by atoms with E-state index in [1.165, 1.54) is 6.42 Å². The number of nitro groups is 1. The summed E-state index contributed by atoms with van der Waals surface area (Å²) in [6.45, 7) is 5.22. The van der Waals surface area contributed by atoms with Gasteiger partial charge in [0, 0.05) is 24.3 Å². The van der Waals surface area contributed by atoms with Gasteiger partial charge in [0.2, 0.25) is 5.82 Å². The fraction of sp³-hybridized carbons (Fsp3) is 0.667. The van der Waals surface area contributed by atoms with Gasteiger partial charge in [0.05, 0.1) is 4.92 Å². The molecule has 0 spiro atoms. The van der Waals surface area contributed by atoms with E-state index in [-0.39, 0.29) is 16.7 Å². The Morgan fingerprint density at radius 1 is 1.43 bits per heavy atom. The standard InChI is InChI=1S/C15H24N4O2/c1-3-18(13-7-5-4-6-12(13)10-16)15-14(19(20)21)9-8-11(2)17-15/h8-9,12-13H,3-7,10,16H2,1-2H3. The van der Waals surface area contributed by atoms with E-state index >= 15 is 0 Å². The van der Waals surface area contributed by atoms with E-state index in [0.29, 0.717) is 24.8 Å². The zero-order valence-corrected chi connectivity index (χ0v) is 12.8. The molecular weight excluding hydrogens is 268 g/mol. The number of aromatic nitrogens is 1. The third kappa shape index (κ3) is 3.32. The van der Waals surface area contributed by atoms with E-state index in [1.54, 1.807) is 12.1 Å². The largest absolute Gasteiger partial charge is 0.348 e. The summed E-state index contributed by atoms with van der Waals surface area (Å²) in [5.41, 5.74) is 6.80. The molecule has 6 nitrogen and oxygen atoms in total. The van der Waals surface area contributed by atoms with E-state index in [4.69, 9.17) is 5.73 Å². The van der Waals surface area contributed by atoms with Crippen molar-refractivity contribution in [3.8, 4) is 0 Å². The lowest BCUT2D eigenvalue weighted by molar-refractivity contribution is -0.384. The molecule has 21 heavy (non-hydrogen) atoms.